The molecule has 140 valence electrons. The SMILES string of the molecule is O=c1[nH]c2ccc(S(=O)(=O)O)cc2c(O)c1/N=N/c1cccc2ncccc12. The first-order valence-corrected chi connectivity index (χ1v) is 9.40. The topological polar surface area (TPSA) is 145 Å². The minimum Gasteiger partial charge on any atom is -0.505 e. The Balaban J connectivity index is 1.88. The Kier molecular flexibility index (Phi) is 4.13. The van der Waals surface area contributed by atoms with Crippen LogP contribution in [0, 0.1) is 0 Å². The van der Waals surface area contributed by atoms with Gasteiger partial charge in [0.1, 0.15) is 0 Å². The minimum absolute atomic E-state index is 0.00302. The van der Waals surface area contributed by atoms with Crippen LogP contribution in [0.1, 0.15) is 0 Å². The summed E-state index contributed by atoms with van der Waals surface area (Å²) in [6.45, 7) is 0. The van der Waals surface area contributed by atoms with Gasteiger partial charge in [-0.2, -0.15) is 8.42 Å². The fraction of sp³-hybridized carbons (Fsp3) is 0. The molecule has 0 spiro atoms. The van der Waals surface area contributed by atoms with Crippen LogP contribution in [0.15, 0.2) is 74.6 Å². The highest BCUT2D eigenvalue weighted by Crippen LogP contribution is 2.33. The van der Waals surface area contributed by atoms with Crippen LogP contribution >= 0.6 is 0 Å². The predicted molar refractivity (Wildman–Crippen MR) is 102 cm³/mol. The molecule has 10 heteroatoms. The van der Waals surface area contributed by atoms with Gasteiger partial charge in [0, 0.05) is 17.0 Å². The summed E-state index contributed by atoms with van der Waals surface area (Å²) in [7, 11) is -4.48. The van der Waals surface area contributed by atoms with Crippen molar-refractivity contribution >= 4 is 43.3 Å². The molecular formula is C18H12N4O5S. The van der Waals surface area contributed by atoms with Crippen LogP contribution in [0.5, 0.6) is 5.75 Å². The lowest BCUT2D eigenvalue weighted by molar-refractivity contribution is 0.480. The fourth-order valence-corrected chi connectivity index (χ4v) is 3.28. The van der Waals surface area contributed by atoms with Crippen molar-refractivity contribution < 1.29 is 18.1 Å². The van der Waals surface area contributed by atoms with E-state index in [0.717, 1.165) is 12.1 Å². The Morgan fingerprint density at radius 1 is 1.00 bits per heavy atom. The molecule has 4 rings (SSSR count). The van der Waals surface area contributed by atoms with Crippen molar-refractivity contribution in [1.29, 1.82) is 0 Å². The molecule has 4 aromatic rings. The zero-order valence-electron chi connectivity index (χ0n) is 14.1. The van der Waals surface area contributed by atoms with Crippen LogP contribution in [-0.2, 0) is 10.1 Å². The third-order valence-corrected chi connectivity index (χ3v) is 4.96. The van der Waals surface area contributed by atoms with Crippen LogP contribution in [0.2, 0.25) is 0 Å². The van der Waals surface area contributed by atoms with E-state index in [0.29, 0.717) is 16.6 Å². The first kappa shape index (κ1) is 17.8. The predicted octanol–water partition coefficient (Wildman–Crippen LogP) is 3.44. The van der Waals surface area contributed by atoms with E-state index < -0.39 is 26.3 Å². The Morgan fingerprint density at radius 2 is 1.82 bits per heavy atom. The summed E-state index contributed by atoms with van der Waals surface area (Å²) >= 11 is 0. The maximum atomic E-state index is 12.3. The van der Waals surface area contributed by atoms with E-state index in [2.05, 4.69) is 20.2 Å². The second-order valence-corrected chi connectivity index (χ2v) is 7.30. The van der Waals surface area contributed by atoms with Crippen molar-refractivity contribution in [3.05, 3.63) is 65.1 Å². The number of pyridine rings is 2. The zero-order chi connectivity index (χ0) is 19.9. The lowest BCUT2D eigenvalue weighted by Gasteiger charge is -2.05. The summed E-state index contributed by atoms with van der Waals surface area (Å²) in [5.74, 6) is -0.550. The van der Waals surface area contributed by atoms with Gasteiger partial charge in [-0.05, 0) is 42.5 Å². The molecule has 0 unspecified atom stereocenters. The van der Waals surface area contributed by atoms with Gasteiger partial charge >= 0.3 is 0 Å². The van der Waals surface area contributed by atoms with Crippen molar-refractivity contribution in [1.82, 2.24) is 9.97 Å². The Labute approximate surface area is 157 Å². The lowest BCUT2D eigenvalue weighted by atomic mass is 10.2. The Morgan fingerprint density at radius 3 is 2.61 bits per heavy atom. The summed E-state index contributed by atoms with van der Waals surface area (Å²) in [6.07, 6.45) is 1.63. The molecule has 2 aromatic heterocycles. The van der Waals surface area contributed by atoms with E-state index in [-0.39, 0.29) is 16.6 Å². The van der Waals surface area contributed by atoms with Crippen LogP contribution in [0.25, 0.3) is 21.8 Å². The first-order chi connectivity index (χ1) is 13.3. The molecule has 2 aromatic carbocycles. The van der Waals surface area contributed by atoms with Gasteiger partial charge in [-0.25, -0.2) is 0 Å². The standard InChI is InChI=1S/C18H12N4O5S/c23-17-12-9-10(28(25,26)27)6-7-14(12)20-18(24)16(17)22-21-15-5-1-4-13-11(15)3-2-8-19-13/h1-9H,(H2,20,23,24)(H,25,26,27)/b22-21+. The van der Waals surface area contributed by atoms with Crippen LogP contribution in [0.3, 0.4) is 0 Å². The highest BCUT2D eigenvalue weighted by Gasteiger charge is 2.16. The van der Waals surface area contributed by atoms with Crippen LogP contribution in [-0.4, -0.2) is 28.0 Å². The number of nitrogens with zero attached hydrogens (tertiary/aromatic N) is 3. The Hall–Kier alpha value is -3.63. The number of hydrogen-bond donors (Lipinski definition) is 3. The molecule has 0 aliphatic rings. The smallest absolute Gasteiger partial charge is 0.294 e. The maximum absolute atomic E-state index is 12.3. The molecule has 0 saturated carbocycles. The van der Waals surface area contributed by atoms with Crippen molar-refractivity contribution in [3.63, 3.8) is 0 Å². The van der Waals surface area contributed by atoms with E-state index in [1.807, 2.05) is 0 Å². The average molecular weight is 396 g/mol. The van der Waals surface area contributed by atoms with Gasteiger partial charge in [-0.1, -0.05) is 6.07 Å². The first-order valence-electron chi connectivity index (χ1n) is 7.96. The molecule has 0 fully saturated rings. The van der Waals surface area contributed by atoms with Gasteiger partial charge in [-0.15, -0.1) is 10.2 Å². The molecule has 0 bridgehead atoms. The molecule has 9 nitrogen and oxygen atoms in total. The molecule has 0 saturated heterocycles. The molecule has 0 atom stereocenters. The molecule has 3 N–H and O–H groups in total. The summed E-state index contributed by atoms with van der Waals surface area (Å²) in [4.78, 5) is 18.5. The minimum atomic E-state index is -4.48. The van der Waals surface area contributed by atoms with E-state index in [1.165, 1.54) is 6.07 Å². The van der Waals surface area contributed by atoms with Gasteiger partial charge in [0.25, 0.3) is 15.7 Å². The monoisotopic (exact) mass is 396 g/mol. The van der Waals surface area contributed by atoms with Crippen molar-refractivity contribution in [2.24, 2.45) is 10.2 Å². The van der Waals surface area contributed by atoms with E-state index in [9.17, 15) is 22.9 Å². The van der Waals surface area contributed by atoms with Gasteiger partial charge in [-0.3, -0.25) is 14.3 Å². The fourth-order valence-electron chi connectivity index (χ4n) is 2.78. The maximum Gasteiger partial charge on any atom is 0.294 e. The highest BCUT2D eigenvalue weighted by atomic mass is 32.2. The molecule has 0 amide bonds. The average Bonchev–Trinajstić information content (AvgIpc) is 2.67. The highest BCUT2D eigenvalue weighted by molar-refractivity contribution is 7.85. The number of azo groups is 1. The van der Waals surface area contributed by atoms with Crippen LogP contribution < -0.4 is 5.56 Å². The number of H-pyrrole nitrogens is 1. The van der Waals surface area contributed by atoms with Crippen LogP contribution in [0.4, 0.5) is 11.4 Å². The second kappa shape index (κ2) is 6.51. The van der Waals surface area contributed by atoms with Gasteiger partial charge < -0.3 is 10.1 Å². The van der Waals surface area contributed by atoms with Crippen molar-refractivity contribution in [2.45, 2.75) is 4.90 Å². The largest absolute Gasteiger partial charge is 0.505 e. The zero-order valence-corrected chi connectivity index (χ0v) is 14.9. The molecule has 0 aliphatic heterocycles. The Bertz CT molecular complexity index is 1420. The van der Waals surface area contributed by atoms with E-state index in [4.69, 9.17) is 0 Å². The number of hydrogen-bond acceptors (Lipinski definition) is 7. The molecular weight excluding hydrogens is 384 g/mol. The summed E-state index contributed by atoms with van der Waals surface area (Å²) in [6, 6.07) is 12.1. The van der Waals surface area contributed by atoms with Gasteiger partial charge in [0.2, 0.25) is 0 Å². The number of fused-ring (bicyclic) bond motifs is 2. The summed E-state index contributed by atoms with van der Waals surface area (Å²) in [5.41, 5.74) is 0.223. The second-order valence-electron chi connectivity index (χ2n) is 5.88. The number of benzene rings is 2. The third kappa shape index (κ3) is 3.10. The number of nitrogens with one attached hydrogen (secondary N) is 1. The molecule has 2 heterocycles. The van der Waals surface area contributed by atoms with E-state index in [1.54, 1.807) is 36.5 Å². The van der Waals surface area contributed by atoms with Crippen molar-refractivity contribution in [3.8, 4) is 5.75 Å². The number of aromatic amines is 1. The third-order valence-electron chi connectivity index (χ3n) is 4.11. The number of aromatic hydroxyl groups is 1. The summed E-state index contributed by atoms with van der Waals surface area (Å²) in [5, 5.41) is 19.1. The lowest BCUT2D eigenvalue weighted by Crippen LogP contribution is -2.06. The van der Waals surface area contributed by atoms with Gasteiger partial charge in [0.05, 0.1) is 21.6 Å². The quantitative estimate of drug-likeness (QED) is 0.357. The normalized spacial score (nSPS) is 12.2. The van der Waals surface area contributed by atoms with E-state index >= 15 is 0 Å². The number of aromatic nitrogens is 2. The van der Waals surface area contributed by atoms with Gasteiger partial charge in [0.15, 0.2) is 11.4 Å². The summed E-state index contributed by atoms with van der Waals surface area (Å²) < 4.78 is 31.8. The number of rotatable bonds is 3. The molecule has 0 aliphatic carbocycles. The van der Waals surface area contributed by atoms with Crippen molar-refractivity contribution in [2.75, 3.05) is 0 Å². The molecule has 28 heavy (non-hydrogen) atoms. The molecule has 0 radical (unpaired) electrons.